The first kappa shape index (κ1) is 26.4. The Labute approximate surface area is 211 Å². The van der Waals surface area contributed by atoms with E-state index in [-0.39, 0.29) is 28.6 Å². The molecule has 3 rings (SSSR count). The third-order valence-electron chi connectivity index (χ3n) is 5.25. The summed E-state index contributed by atoms with van der Waals surface area (Å²) in [6, 6.07) is 8.90. The van der Waals surface area contributed by atoms with Crippen LogP contribution in [0.1, 0.15) is 57.1 Å². The molecule has 2 aromatic heterocycles. The van der Waals surface area contributed by atoms with Crippen molar-refractivity contribution in [3.63, 3.8) is 0 Å². The monoisotopic (exact) mass is 513 g/mol. The van der Waals surface area contributed by atoms with Gasteiger partial charge in [0, 0.05) is 5.69 Å². The topological polar surface area (TPSA) is 171 Å². The van der Waals surface area contributed by atoms with Crippen molar-refractivity contribution < 1.29 is 28.3 Å². The maximum atomic E-state index is 13.9. The van der Waals surface area contributed by atoms with Crippen molar-refractivity contribution in [2.45, 2.75) is 33.2 Å². The molecule has 0 radical (unpaired) electrons. The lowest BCUT2D eigenvalue weighted by atomic mass is 10.1. The molecule has 0 bridgehead atoms. The number of aryl methyl sites for hydroxylation is 2. The summed E-state index contributed by atoms with van der Waals surface area (Å²) in [5.41, 5.74) is 12.3. The molecular formula is C24H27N5O6S. The Morgan fingerprint density at radius 2 is 1.83 bits per heavy atom. The second-order valence-electron chi connectivity index (χ2n) is 7.71. The van der Waals surface area contributed by atoms with E-state index in [9.17, 15) is 19.2 Å². The molecule has 0 aliphatic rings. The van der Waals surface area contributed by atoms with Crippen LogP contribution in [0.25, 0.3) is 0 Å². The Morgan fingerprint density at radius 3 is 2.36 bits per heavy atom. The third-order valence-corrected chi connectivity index (χ3v) is 6.10. The van der Waals surface area contributed by atoms with Gasteiger partial charge in [-0.25, -0.2) is 0 Å². The molecule has 11 nitrogen and oxygen atoms in total. The first-order valence-corrected chi connectivity index (χ1v) is 11.9. The fraction of sp³-hybridized carbons (Fsp3) is 0.292. The van der Waals surface area contributed by atoms with E-state index in [0.29, 0.717) is 23.0 Å². The molecule has 3 aromatic rings. The number of hydrogen-bond donors (Lipinski definition) is 3. The van der Waals surface area contributed by atoms with Gasteiger partial charge in [0.05, 0.1) is 12.3 Å². The van der Waals surface area contributed by atoms with Crippen molar-refractivity contribution in [1.82, 2.24) is 9.69 Å². The van der Waals surface area contributed by atoms with Gasteiger partial charge in [0.1, 0.15) is 22.9 Å². The maximum Gasteiger partial charge on any atom is 0.325 e. The van der Waals surface area contributed by atoms with Gasteiger partial charge in [0.25, 0.3) is 17.7 Å². The van der Waals surface area contributed by atoms with Gasteiger partial charge in [0.15, 0.2) is 11.7 Å². The average Bonchev–Trinajstić information content (AvgIpc) is 3.46. The van der Waals surface area contributed by atoms with Gasteiger partial charge in [-0.1, -0.05) is 19.1 Å². The SMILES string of the molecule is CCOC(=O)CNC(=O)C(c1ccc(C)o1)N(C(=O)c1snc(C(N)=O)c1N)c1ccc(CC)cc1. The maximum absolute atomic E-state index is 13.9. The zero-order valence-electron chi connectivity index (χ0n) is 20.1. The van der Waals surface area contributed by atoms with Crippen LogP contribution in [0.5, 0.6) is 0 Å². The highest BCUT2D eigenvalue weighted by atomic mass is 32.1. The second kappa shape index (κ2) is 11.5. The summed E-state index contributed by atoms with van der Waals surface area (Å²) >= 11 is 0.694. The highest BCUT2D eigenvalue weighted by Gasteiger charge is 2.38. The number of esters is 1. The van der Waals surface area contributed by atoms with Gasteiger partial charge in [0.2, 0.25) is 0 Å². The van der Waals surface area contributed by atoms with E-state index >= 15 is 0 Å². The van der Waals surface area contributed by atoms with Gasteiger partial charge < -0.3 is 25.9 Å². The fourth-order valence-corrected chi connectivity index (χ4v) is 4.20. The van der Waals surface area contributed by atoms with Crippen molar-refractivity contribution in [1.29, 1.82) is 0 Å². The minimum absolute atomic E-state index is 0.0742. The lowest BCUT2D eigenvalue weighted by Gasteiger charge is -2.29. The van der Waals surface area contributed by atoms with Crippen molar-refractivity contribution >= 4 is 46.6 Å². The number of nitrogen functional groups attached to an aromatic ring is 1. The van der Waals surface area contributed by atoms with Gasteiger partial charge in [-0.2, -0.15) is 4.37 Å². The predicted octanol–water partition coefficient (Wildman–Crippen LogP) is 2.36. The van der Waals surface area contributed by atoms with Gasteiger partial charge in [-0.3, -0.25) is 24.1 Å². The fourth-order valence-electron chi connectivity index (χ4n) is 3.46. The van der Waals surface area contributed by atoms with Gasteiger partial charge >= 0.3 is 5.97 Å². The Morgan fingerprint density at radius 1 is 1.14 bits per heavy atom. The number of ether oxygens (including phenoxy) is 1. The molecule has 1 aromatic carbocycles. The van der Waals surface area contributed by atoms with Crippen LogP contribution in [0.3, 0.4) is 0 Å². The molecule has 190 valence electrons. The van der Waals surface area contributed by atoms with E-state index in [1.807, 2.05) is 19.1 Å². The molecule has 12 heteroatoms. The number of rotatable bonds is 10. The molecule has 3 amide bonds. The summed E-state index contributed by atoms with van der Waals surface area (Å²) < 4.78 is 14.5. The largest absolute Gasteiger partial charge is 0.465 e. The summed E-state index contributed by atoms with van der Waals surface area (Å²) in [5, 5.41) is 2.51. The molecule has 1 unspecified atom stereocenters. The molecule has 1 atom stereocenters. The lowest BCUT2D eigenvalue weighted by molar-refractivity contribution is -0.143. The van der Waals surface area contributed by atoms with Crippen LogP contribution < -0.4 is 21.7 Å². The number of amides is 3. The number of nitrogens with zero attached hydrogens (tertiary/aromatic N) is 2. The minimum atomic E-state index is -1.33. The average molecular weight is 514 g/mol. The molecule has 0 saturated carbocycles. The summed E-state index contributed by atoms with van der Waals surface area (Å²) in [6.07, 6.45) is 0.763. The van der Waals surface area contributed by atoms with Crippen LogP contribution in [0.4, 0.5) is 11.4 Å². The van der Waals surface area contributed by atoms with Crippen LogP contribution in [0, 0.1) is 6.92 Å². The van der Waals surface area contributed by atoms with Crippen LogP contribution in [0.2, 0.25) is 0 Å². The summed E-state index contributed by atoms with van der Waals surface area (Å²) in [5.74, 6) is -2.25. The predicted molar refractivity (Wildman–Crippen MR) is 134 cm³/mol. The number of aromatic nitrogens is 1. The molecule has 36 heavy (non-hydrogen) atoms. The zero-order chi connectivity index (χ0) is 26.4. The Balaban J connectivity index is 2.13. The minimum Gasteiger partial charge on any atom is -0.465 e. The summed E-state index contributed by atoms with van der Waals surface area (Å²) in [6.45, 7) is 5.07. The van der Waals surface area contributed by atoms with E-state index in [0.717, 1.165) is 12.0 Å². The van der Waals surface area contributed by atoms with E-state index in [2.05, 4.69) is 9.69 Å². The molecule has 2 heterocycles. The Kier molecular flexibility index (Phi) is 8.43. The third kappa shape index (κ3) is 5.71. The molecule has 0 aliphatic heterocycles. The summed E-state index contributed by atoms with van der Waals surface area (Å²) in [4.78, 5) is 52.0. The van der Waals surface area contributed by atoms with Crippen molar-refractivity contribution in [2.75, 3.05) is 23.8 Å². The number of primary amides is 1. The van der Waals surface area contributed by atoms with Crippen molar-refractivity contribution in [2.24, 2.45) is 5.73 Å². The number of anilines is 2. The highest BCUT2D eigenvalue weighted by Crippen LogP contribution is 2.34. The Hall–Kier alpha value is -4.19. The molecular weight excluding hydrogens is 486 g/mol. The Bertz CT molecular complexity index is 1270. The smallest absolute Gasteiger partial charge is 0.325 e. The summed E-state index contributed by atoms with van der Waals surface area (Å²) in [7, 11) is 0. The van der Waals surface area contributed by atoms with Crippen LogP contribution in [0.15, 0.2) is 40.8 Å². The van der Waals surface area contributed by atoms with Gasteiger partial charge in [-0.05, 0) is 61.6 Å². The molecule has 0 spiro atoms. The number of carbonyl (C=O) groups excluding carboxylic acids is 4. The molecule has 0 fully saturated rings. The normalized spacial score (nSPS) is 11.5. The quantitative estimate of drug-likeness (QED) is 0.347. The number of nitrogens with two attached hydrogens (primary N) is 2. The molecule has 0 saturated heterocycles. The van der Waals surface area contributed by atoms with E-state index < -0.39 is 36.3 Å². The molecule has 0 aliphatic carbocycles. The first-order valence-electron chi connectivity index (χ1n) is 11.1. The van der Waals surface area contributed by atoms with Crippen molar-refractivity contribution in [3.8, 4) is 0 Å². The second-order valence-corrected chi connectivity index (χ2v) is 8.48. The number of benzene rings is 1. The van der Waals surface area contributed by atoms with E-state index in [4.69, 9.17) is 20.6 Å². The van der Waals surface area contributed by atoms with Crippen LogP contribution >= 0.6 is 11.5 Å². The molecule has 5 N–H and O–H groups in total. The van der Waals surface area contributed by atoms with E-state index in [1.54, 1.807) is 38.1 Å². The van der Waals surface area contributed by atoms with Crippen molar-refractivity contribution in [3.05, 3.63) is 64.1 Å². The zero-order valence-corrected chi connectivity index (χ0v) is 20.9. The van der Waals surface area contributed by atoms with Crippen LogP contribution in [-0.2, 0) is 20.7 Å². The van der Waals surface area contributed by atoms with Crippen LogP contribution in [-0.4, -0.2) is 41.2 Å². The van der Waals surface area contributed by atoms with Gasteiger partial charge in [-0.15, -0.1) is 0 Å². The number of hydrogen-bond acceptors (Lipinski definition) is 9. The lowest BCUT2D eigenvalue weighted by Crippen LogP contribution is -2.45. The van der Waals surface area contributed by atoms with E-state index in [1.165, 1.54) is 4.90 Å². The highest BCUT2D eigenvalue weighted by molar-refractivity contribution is 7.09. The standard InChI is InChI=1S/C24H27N5O6S/c1-4-14-7-9-15(10-8-14)29(24(33)21-18(25)19(22(26)31)28-36-21)20(16-11-6-13(3)35-16)23(32)27-12-17(30)34-5-2/h6-11,20H,4-5,12,25H2,1-3H3,(H2,26,31)(H,27,32). The number of furan rings is 1. The number of carbonyl (C=O) groups is 4. The number of nitrogens with one attached hydrogen (secondary N) is 1. The first-order chi connectivity index (χ1) is 17.2.